The summed E-state index contributed by atoms with van der Waals surface area (Å²) in [5.41, 5.74) is 26.2. The molecule has 3 heteroatoms. The topological polar surface area (TPSA) is 26.9 Å². The number of aromatic nitrogens is 2. The molecule has 4 aliphatic rings. The number of nitrogens with zero attached hydrogens (tertiary/aromatic N) is 2. The number of carbonyl (C=O) groups excluding carboxylic acids is 1. The van der Waals surface area contributed by atoms with Gasteiger partial charge in [0.05, 0.1) is 32.9 Å². The predicted octanol–water partition coefficient (Wildman–Crippen LogP) is 17.8. The van der Waals surface area contributed by atoms with Crippen LogP contribution in [0.1, 0.15) is 66.0 Å². The van der Waals surface area contributed by atoms with Crippen LogP contribution in [-0.4, -0.2) is 14.9 Å². The molecule has 0 bridgehead atoms. The fourth-order valence-corrected chi connectivity index (χ4v) is 15.5. The maximum absolute atomic E-state index is 16.0. The van der Waals surface area contributed by atoms with Crippen LogP contribution in [0.25, 0.3) is 99.5 Å². The SMILES string of the molecule is C#Cc1ccc2c(c1)C1(c3ccccc3-c3ccccc31)c1cc(C(=O)c3ccc4c(c3)C3(c5ccccc5-4)c4cc(-n5c6ccccc6c6ccccc65)ccc4-c4ccc(-n5c6ccccc6c6ccccc65)cc43)ccc1-2. The Morgan fingerprint density at radius 2 is 0.600 bits per heavy atom. The molecule has 80 heavy (non-hydrogen) atoms. The number of para-hydroxylation sites is 4. The quantitative estimate of drug-likeness (QED) is 0.127. The van der Waals surface area contributed by atoms with Gasteiger partial charge in [-0.25, -0.2) is 0 Å². The maximum Gasteiger partial charge on any atom is 0.193 e. The highest BCUT2D eigenvalue weighted by atomic mass is 16.1. The molecule has 4 aliphatic carbocycles. The first-order chi connectivity index (χ1) is 39.5. The number of ketones is 1. The molecule has 18 rings (SSSR count). The van der Waals surface area contributed by atoms with E-state index in [-0.39, 0.29) is 5.78 Å². The third-order valence-corrected chi connectivity index (χ3v) is 18.6. The van der Waals surface area contributed by atoms with Gasteiger partial charge in [0.25, 0.3) is 0 Å². The second-order valence-corrected chi connectivity index (χ2v) is 22.1. The summed E-state index contributed by atoms with van der Waals surface area (Å²) in [5, 5.41) is 4.88. The first-order valence-corrected chi connectivity index (χ1v) is 27.6. The summed E-state index contributed by atoms with van der Waals surface area (Å²) in [4.78, 5) is 16.0. The van der Waals surface area contributed by atoms with Gasteiger partial charge in [-0.2, -0.15) is 0 Å². The zero-order chi connectivity index (χ0) is 52.6. The van der Waals surface area contributed by atoms with Gasteiger partial charge in [0.2, 0.25) is 0 Å². The molecule has 2 heterocycles. The Morgan fingerprint density at radius 1 is 0.300 bits per heavy atom. The van der Waals surface area contributed by atoms with Crippen molar-refractivity contribution in [3.05, 3.63) is 322 Å². The number of carbonyl (C=O) groups is 1. The third kappa shape index (κ3) is 5.29. The van der Waals surface area contributed by atoms with E-state index in [1.165, 1.54) is 77.2 Å². The van der Waals surface area contributed by atoms with Crippen LogP contribution >= 0.6 is 0 Å². The fourth-order valence-electron chi connectivity index (χ4n) is 15.5. The van der Waals surface area contributed by atoms with Crippen molar-refractivity contribution < 1.29 is 4.79 Å². The van der Waals surface area contributed by atoms with Crippen molar-refractivity contribution in [2.45, 2.75) is 10.8 Å². The average molecular weight is 1010 g/mol. The van der Waals surface area contributed by atoms with Gasteiger partial charge in [-0.3, -0.25) is 4.79 Å². The molecule has 0 amide bonds. The minimum Gasteiger partial charge on any atom is -0.309 e. The smallest absolute Gasteiger partial charge is 0.193 e. The lowest BCUT2D eigenvalue weighted by molar-refractivity contribution is 0.103. The molecule has 0 atom stereocenters. The Balaban J connectivity index is 0.883. The van der Waals surface area contributed by atoms with Crippen molar-refractivity contribution >= 4 is 49.4 Å². The molecule has 12 aromatic carbocycles. The summed E-state index contributed by atoms with van der Waals surface area (Å²) in [6.45, 7) is 0. The molecule has 0 aliphatic heterocycles. The highest BCUT2D eigenvalue weighted by molar-refractivity contribution is 6.13. The minimum absolute atomic E-state index is 0.0202. The van der Waals surface area contributed by atoms with E-state index in [1.54, 1.807) is 0 Å². The molecule has 0 unspecified atom stereocenters. The van der Waals surface area contributed by atoms with Gasteiger partial charge in [0.15, 0.2) is 5.78 Å². The van der Waals surface area contributed by atoms with Gasteiger partial charge in [0, 0.05) is 49.6 Å². The van der Waals surface area contributed by atoms with Crippen LogP contribution in [0.3, 0.4) is 0 Å². The Morgan fingerprint density at radius 3 is 1.00 bits per heavy atom. The molecule has 2 spiro atoms. The highest BCUT2D eigenvalue weighted by Gasteiger charge is 2.54. The van der Waals surface area contributed by atoms with Crippen molar-refractivity contribution in [3.63, 3.8) is 0 Å². The van der Waals surface area contributed by atoms with E-state index >= 15 is 4.79 Å². The molecule has 0 fully saturated rings. The number of hydrogen-bond acceptors (Lipinski definition) is 1. The largest absolute Gasteiger partial charge is 0.309 e. The molecule has 2 aromatic heterocycles. The van der Waals surface area contributed by atoms with Gasteiger partial charge in [-0.1, -0.05) is 194 Å². The Kier molecular flexibility index (Phi) is 8.48. The van der Waals surface area contributed by atoms with E-state index in [4.69, 9.17) is 6.42 Å². The molecular formula is C77H44N2O. The first-order valence-electron chi connectivity index (χ1n) is 27.6. The van der Waals surface area contributed by atoms with Crippen LogP contribution in [0.5, 0.6) is 0 Å². The van der Waals surface area contributed by atoms with Crippen molar-refractivity contribution in [1.82, 2.24) is 9.13 Å². The number of hydrogen-bond donors (Lipinski definition) is 0. The van der Waals surface area contributed by atoms with Crippen molar-refractivity contribution in [3.8, 4) is 68.2 Å². The molecule has 368 valence electrons. The van der Waals surface area contributed by atoms with E-state index in [2.05, 4.69) is 264 Å². The summed E-state index contributed by atoms with van der Waals surface area (Å²) in [6.07, 6.45) is 6.16. The van der Waals surface area contributed by atoms with Gasteiger partial charge in [-0.05, 0) is 162 Å². The lowest BCUT2D eigenvalue weighted by Gasteiger charge is -2.31. The Hall–Kier alpha value is -10.5. The molecule has 0 saturated carbocycles. The summed E-state index contributed by atoms with van der Waals surface area (Å²) >= 11 is 0. The highest BCUT2D eigenvalue weighted by Crippen LogP contribution is 2.65. The summed E-state index contributed by atoms with van der Waals surface area (Å²) in [5.74, 6) is 2.92. The normalized spacial score (nSPS) is 14.0. The third-order valence-electron chi connectivity index (χ3n) is 18.6. The van der Waals surface area contributed by atoms with Crippen molar-refractivity contribution in [2.24, 2.45) is 0 Å². The van der Waals surface area contributed by atoms with Crippen molar-refractivity contribution in [1.29, 1.82) is 0 Å². The molecular weight excluding hydrogens is 969 g/mol. The van der Waals surface area contributed by atoms with E-state index in [9.17, 15) is 0 Å². The Bertz CT molecular complexity index is 4870. The number of benzene rings is 12. The van der Waals surface area contributed by atoms with Crippen molar-refractivity contribution in [2.75, 3.05) is 0 Å². The minimum atomic E-state index is -0.800. The second kappa shape index (κ2) is 15.6. The zero-order valence-corrected chi connectivity index (χ0v) is 43.2. The second-order valence-electron chi connectivity index (χ2n) is 22.1. The van der Waals surface area contributed by atoms with Gasteiger partial charge < -0.3 is 9.13 Å². The molecule has 0 N–H and O–H groups in total. The number of rotatable bonds is 4. The first kappa shape index (κ1) is 43.6. The number of terminal acetylenes is 1. The summed E-state index contributed by atoms with van der Waals surface area (Å²) < 4.78 is 4.86. The van der Waals surface area contributed by atoms with Crippen LogP contribution in [0.2, 0.25) is 0 Å². The molecule has 3 nitrogen and oxygen atoms in total. The lowest BCUT2D eigenvalue weighted by atomic mass is 9.69. The van der Waals surface area contributed by atoms with Crippen LogP contribution in [0.4, 0.5) is 0 Å². The zero-order valence-electron chi connectivity index (χ0n) is 43.2. The monoisotopic (exact) mass is 1010 g/mol. The molecule has 14 aromatic rings. The van der Waals surface area contributed by atoms with Crippen LogP contribution in [0.15, 0.2) is 261 Å². The van der Waals surface area contributed by atoms with Gasteiger partial charge >= 0.3 is 0 Å². The standard InChI is InChI=1S/C77H44N2O/c1-2-46-31-36-54-56-38-33-47(42-67(56)76(66(54)41-46)63-24-10-3-17-51(63)52-18-4-11-25-64(52)76)75(80)48-32-37-55-53-19-5-12-26-65(53)77(68(55)43-48)69-44-49(78-71-27-13-6-20-59(71)60-21-7-14-28-72(60)78)34-39-57(69)58-40-35-50(45-70(58)77)79-73-29-15-8-22-61(73)62-23-9-16-30-74(62)79/h1,3-45H. The summed E-state index contributed by atoms with van der Waals surface area (Å²) in [7, 11) is 0. The van der Waals surface area contributed by atoms with Crippen LogP contribution < -0.4 is 0 Å². The Labute approximate surface area is 461 Å². The van der Waals surface area contributed by atoms with Crippen LogP contribution in [-0.2, 0) is 10.8 Å². The van der Waals surface area contributed by atoms with Crippen LogP contribution in [0, 0.1) is 12.3 Å². The number of fused-ring (bicyclic) bond motifs is 26. The van der Waals surface area contributed by atoms with Gasteiger partial charge in [0.1, 0.15) is 0 Å². The van der Waals surface area contributed by atoms with E-state index in [0.29, 0.717) is 11.1 Å². The maximum atomic E-state index is 16.0. The molecule has 0 radical (unpaired) electrons. The lowest BCUT2D eigenvalue weighted by Crippen LogP contribution is -2.27. The van der Waals surface area contributed by atoms with E-state index < -0.39 is 10.8 Å². The average Bonchev–Trinajstić information content (AvgIpc) is 3.28. The van der Waals surface area contributed by atoms with Gasteiger partial charge in [-0.15, -0.1) is 6.42 Å². The predicted molar refractivity (Wildman–Crippen MR) is 326 cm³/mol. The van der Waals surface area contributed by atoms with E-state index in [1.807, 2.05) is 12.1 Å². The van der Waals surface area contributed by atoms with E-state index in [0.717, 1.165) is 72.4 Å². The fraction of sp³-hybridized carbons (Fsp3) is 0.0260. The summed E-state index contributed by atoms with van der Waals surface area (Å²) in [6, 6.07) is 95.0. The molecule has 0 saturated heterocycles.